The van der Waals surface area contributed by atoms with Crippen molar-refractivity contribution in [1.29, 1.82) is 0 Å². The van der Waals surface area contributed by atoms with Crippen LogP contribution in [0.4, 0.5) is 11.5 Å². The maximum Gasteiger partial charge on any atom is 0.265 e. The molecule has 1 saturated heterocycles. The minimum atomic E-state index is -0.0353. The number of carbonyl (C=O) groups excluding carboxylic acids is 1. The number of aromatic nitrogens is 1. The van der Waals surface area contributed by atoms with Gasteiger partial charge < -0.3 is 15.0 Å². The number of amides is 1. The summed E-state index contributed by atoms with van der Waals surface area (Å²) in [5.74, 6) is 0.792. The molecule has 0 atom stereocenters. The van der Waals surface area contributed by atoms with Gasteiger partial charge in [0.15, 0.2) is 5.82 Å². The first kappa shape index (κ1) is 14.7. The molecule has 120 valence electrons. The number of nitrogens with zero attached hydrogens (tertiary/aromatic N) is 2. The lowest BCUT2D eigenvalue weighted by molar-refractivity contribution is 0.103. The number of thiophene rings is 1. The molecule has 1 N–H and O–H groups in total. The lowest BCUT2D eigenvalue weighted by Crippen LogP contribution is -2.37. The van der Waals surface area contributed by atoms with E-state index >= 15 is 0 Å². The lowest BCUT2D eigenvalue weighted by Gasteiger charge is -2.29. The van der Waals surface area contributed by atoms with Crippen LogP contribution in [0.3, 0.4) is 0 Å². The molecule has 1 aliphatic carbocycles. The van der Waals surface area contributed by atoms with Crippen LogP contribution < -0.4 is 10.2 Å². The highest BCUT2D eigenvalue weighted by molar-refractivity contribution is 7.14. The van der Waals surface area contributed by atoms with E-state index in [1.165, 1.54) is 16.9 Å². The van der Waals surface area contributed by atoms with E-state index in [9.17, 15) is 4.79 Å². The van der Waals surface area contributed by atoms with Crippen LogP contribution in [0.1, 0.15) is 26.5 Å². The first-order valence-electron chi connectivity index (χ1n) is 8.02. The van der Waals surface area contributed by atoms with Gasteiger partial charge in [0, 0.05) is 24.2 Å². The Morgan fingerprint density at radius 3 is 3.00 bits per heavy atom. The van der Waals surface area contributed by atoms with Crippen molar-refractivity contribution in [3.05, 3.63) is 39.7 Å². The number of ether oxygens (including phenoxy) is 1. The van der Waals surface area contributed by atoms with Crippen LogP contribution in [-0.2, 0) is 17.6 Å². The second kappa shape index (κ2) is 6.29. The fourth-order valence-corrected chi connectivity index (χ4v) is 4.30. The third kappa shape index (κ3) is 2.96. The Balaban J connectivity index is 1.54. The average Bonchev–Trinajstić information content (AvgIpc) is 3.18. The van der Waals surface area contributed by atoms with Gasteiger partial charge in [-0.25, -0.2) is 4.98 Å². The van der Waals surface area contributed by atoms with Gasteiger partial charge in [-0.1, -0.05) is 0 Å². The highest BCUT2D eigenvalue weighted by Crippen LogP contribution is 2.31. The van der Waals surface area contributed by atoms with Crippen molar-refractivity contribution in [3.63, 3.8) is 0 Å². The second-order valence-electron chi connectivity index (χ2n) is 5.84. The Kier molecular flexibility index (Phi) is 4.01. The van der Waals surface area contributed by atoms with E-state index < -0.39 is 0 Å². The number of hydrogen-bond acceptors (Lipinski definition) is 5. The van der Waals surface area contributed by atoms with Crippen LogP contribution in [0.2, 0.25) is 0 Å². The predicted octanol–water partition coefficient (Wildman–Crippen LogP) is 2.72. The average molecular weight is 329 g/mol. The van der Waals surface area contributed by atoms with Gasteiger partial charge in [-0.05, 0) is 43.0 Å². The largest absolute Gasteiger partial charge is 0.378 e. The van der Waals surface area contributed by atoms with Gasteiger partial charge in [0.25, 0.3) is 5.91 Å². The van der Waals surface area contributed by atoms with Crippen LogP contribution in [-0.4, -0.2) is 37.2 Å². The Hall–Kier alpha value is -1.92. The molecule has 0 radical (unpaired) electrons. The first-order chi connectivity index (χ1) is 11.3. The molecule has 0 spiro atoms. The Morgan fingerprint density at radius 2 is 2.17 bits per heavy atom. The zero-order valence-corrected chi connectivity index (χ0v) is 13.7. The van der Waals surface area contributed by atoms with E-state index in [1.54, 1.807) is 17.5 Å². The molecule has 0 saturated carbocycles. The Bertz CT molecular complexity index is 701. The van der Waals surface area contributed by atoms with E-state index in [0.717, 1.165) is 42.3 Å². The van der Waals surface area contributed by atoms with Crippen LogP contribution in [0.5, 0.6) is 0 Å². The maximum atomic E-state index is 12.6. The van der Waals surface area contributed by atoms with Crippen LogP contribution in [0.15, 0.2) is 24.4 Å². The number of hydrogen-bond donors (Lipinski definition) is 1. The molecule has 1 amide bonds. The topological polar surface area (TPSA) is 54.5 Å². The van der Waals surface area contributed by atoms with Gasteiger partial charge in [-0.2, -0.15) is 0 Å². The zero-order valence-electron chi connectivity index (χ0n) is 12.9. The van der Waals surface area contributed by atoms with Crippen LogP contribution >= 0.6 is 11.3 Å². The molecular formula is C17H19N3O2S. The van der Waals surface area contributed by atoms with Crippen molar-refractivity contribution in [2.75, 3.05) is 36.5 Å². The van der Waals surface area contributed by atoms with E-state index in [2.05, 4.69) is 15.2 Å². The molecule has 4 rings (SSSR count). The number of fused-ring (bicyclic) bond motifs is 1. The van der Waals surface area contributed by atoms with E-state index in [0.29, 0.717) is 13.2 Å². The van der Waals surface area contributed by atoms with Gasteiger partial charge in [0.2, 0.25) is 0 Å². The SMILES string of the molecule is O=C(Nc1cccnc1N1CCOCC1)c1cc2c(s1)CCC2. The predicted molar refractivity (Wildman–Crippen MR) is 91.6 cm³/mol. The van der Waals surface area contributed by atoms with E-state index in [4.69, 9.17) is 4.74 Å². The van der Waals surface area contributed by atoms with E-state index in [-0.39, 0.29) is 5.91 Å². The van der Waals surface area contributed by atoms with Crippen molar-refractivity contribution in [1.82, 2.24) is 4.98 Å². The minimum absolute atomic E-state index is 0.0353. The second-order valence-corrected chi connectivity index (χ2v) is 6.98. The number of aryl methyl sites for hydroxylation is 2. The summed E-state index contributed by atoms with van der Waals surface area (Å²) in [7, 11) is 0. The molecule has 1 fully saturated rings. The Labute approximate surface area is 139 Å². The van der Waals surface area contributed by atoms with Crippen LogP contribution in [0.25, 0.3) is 0 Å². The number of carbonyl (C=O) groups is 1. The number of rotatable bonds is 3. The summed E-state index contributed by atoms with van der Waals surface area (Å²) in [5.41, 5.74) is 2.12. The molecule has 23 heavy (non-hydrogen) atoms. The zero-order chi connectivity index (χ0) is 15.6. The summed E-state index contributed by atoms with van der Waals surface area (Å²) in [6.07, 6.45) is 5.19. The molecule has 1 aliphatic heterocycles. The summed E-state index contributed by atoms with van der Waals surface area (Å²) in [4.78, 5) is 21.4. The highest BCUT2D eigenvalue weighted by Gasteiger charge is 2.21. The van der Waals surface area contributed by atoms with Crippen molar-refractivity contribution in [3.8, 4) is 0 Å². The minimum Gasteiger partial charge on any atom is -0.378 e. The fourth-order valence-electron chi connectivity index (χ4n) is 3.15. The van der Waals surface area contributed by atoms with Crippen molar-refractivity contribution < 1.29 is 9.53 Å². The third-order valence-electron chi connectivity index (χ3n) is 4.32. The van der Waals surface area contributed by atoms with Crippen molar-refractivity contribution >= 4 is 28.7 Å². The van der Waals surface area contributed by atoms with Crippen molar-refractivity contribution in [2.24, 2.45) is 0 Å². The molecule has 2 aromatic rings. The van der Waals surface area contributed by atoms with E-state index in [1.807, 2.05) is 18.2 Å². The number of anilines is 2. The molecule has 0 bridgehead atoms. The smallest absolute Gasteiger partial charge is 0.265 e. The van der Waals surface area contributed by atoms with Crippen molar-refractivity contribution in [2.45, 2.75) is 19.3 Å². The quantitative estimate of drug-likeness (QED) is 0.941. The fraction of sp³-hybridized carbons (Fsp3) is 0.412. The summed E-state index contributed by atoms with van der Waals surface area (Å²) >= 11 is 1.62. The number of morpholine rings is 1. The van der Waals surface area contributed by atoms with Gasteiger partial charge in [-0.3, -0.25) is 4.79 Å². The Morgan fingerprint density at radius 1 is 1.30 bits per heavy atom. The molecule has 2 aliphatic rings. The monoisotopic (exact) mass is 329 g/mol. The molecule has 2 aromatic heterocycles. The first-order valence-corrected chi connectivity index (χ1v) is 8.83. The molecule has 0 aromatic carbocycles. The van der Waals surface area contributed by atoms with Gasteiger partial charge in [0.05, 0.1) is 23.8 Å². The molecular weight excluding hydrogens is 310 g/mol. The summed E-state index contributed by atoms with van der Waals surface area (Å²) in [6, 6.07) is 5.82. The summed E-state index contributed by atoms with van der Waals surface area (Å²) < 4.78 is 5.39. The van der Waals surface area contributed by atoms with Gasteiger partial charge >= 0.3 is 0 Å². The normalized spacial score (nSPS) is 17.1. The molecule has 3 heterocycles. The van der Waals surface area contributed by atoms with Gasteiger partial charge in [-0.15, -0.1) is 11.3 Å². The third-order valence-corrected chi connectivity index (χ3v) is 5.55. The molecule has 6 heteroatoms. The molecule has 5 nitrogen and oxygen atoms in total. The number of pyridine rings is 1. The molecule has 0 unspecified atom stereocenters. The summed E-state index contributed by atoms with van der Waals surface area (Å²) in [5, 5.41) is 3.04. The summed E-state index contributed by atoms with van der Waals surface area (Å²) in [6.45, 7) is 2.99. The lowest BCUT2D eigenvalue weighted by atomic mass is 10.2. The van der Waals surface area contributed by atoms with Crippen LogP contribution in [0, 0.1) is 0 Å². The number of nitrogens with one attached hydrogen (secondary N) is 1. The maximum absolute atomic E-state index is 12.6. The highest BCUT2D eigenvalue weighted by atomic mass is 32.1. The van der Waals surface area contributed by atoms with Gasteiger partial charge in [0.1, 0.15) is 0 Å². The standard InChI is InChI=1S/C17H19N3O2S/c21-17(15-11-12-3-1-5-14(12)23-15)19-13-4-2-6-18-16(13)20-7-9-22-10-8-20/h2,4,6,11H,1,3,5,7-10H2,(H,19,21).